The van der Waals surface area contributed by atoms with Crippen molar-refractivity contribution in [1.82, 2.24) is 0 Å². The van der Waals surface area contributed by atoms with Gasteiger partial charge in [-0.15, -0.1) is 0 Å². The number of benzene rings is 3. The second-order valence-electron chi connectivity index (χ2n) is 5.07. The maximum Gasteiger partial charge on any atom is 0.0406 e. The van der Waals surface area contributed by atoms with Gasteiger partial charge in [0.25, 0.3) is 0 Å². The van der Waals surface area contributed by atoms with E-state index in [1.54, 1.807) is 11.8 Å². The molecule has 0 fully saturated rings. The van der Waals surface area contributed by atoms with Crippen LogP contribution < -0.4 is 0 Å². The number of halogens is 3. The van der Waals surface area contributed by atoms with Crippen LogP contribution in [0.1, 0.15) is 11.1 Å². The molecule has 0 aromatic heterocycles. The zero-order valence-corrected chi connectivity index (χ0v) is 16.5. The highest BCUT2D eigenvalue weighted by Gasteiger charge is 2.11. The standard InChI is InChI=1S/C20H13BrCl2S/c21-19(14-4-2-1-3-5-14)20(15-6-8-16(22)9-7-15)24-18-12-10-17(23)11-13-18/h1-13H/b20-19+. The van der Waals surface area contributed by atoms with Gasteiger partial charge in [0.2, 0.25) is 0 Å². The zero-order chi connectivity index (χ0) is 16.9. The first kappa shape index (κ1) is 17.6. The summed E-state index contributed by atoms with van der Waals surface area (Å²) in [6, 6.07) is 26.0. The van der Waals surface area contributed by atoms with Crippen molar-refractivity contribution in [3.8, 4) is 0 Å². The third kappa shape index (κ3) is 4.46. The minimum atomic E-state index is 0.727. The van der Waals surface area contributed by atoms with E-state index in [0.29, 0.717) is 0 Å². The molecule has 0 nitrogen and oxygen atoms in total. The minimum Gasteiger partial charge on any atom is -0.0883 e. The molecule has 4 heteroatoms. The molecule has 0 radical (unpaired) electrons. The van der Waals surface area contributed by atoms with Gasteiger partial charge in [0.05, 0.1) is 0 Å². The Morgan fingerprint density at radius 2 is 1.21 bits per heavy atom. The lowest BCUT2D eigenvalue weighted by Gasteiger charge is -2.12. The predicted molar refractivity (Wildman–Crippen MR) is 111 cm³/mol. The SMILES string of the molecule is Clc1ccc(S/C(=C(/Br)c2ccccc2)c2ccc(Cl)cc2)cc1. The van der Waals surface area contributed by atoms with Crippen LogP contribution in [0.2, 0.25) is 10.0 Å². The molecule has 0 N–H and O–H groups in total. The Labute approximate surface area is 164 Å². The molecule has 120 valence electrons. The molecule has 0 amide bonds. The summed E-state index contributed by atoms with van der Waals surface area (Å²) in [6.07, 6.45) is 0. The highest BCUT2D eigenvalue weighted by molar-refractivity contribution is 9.15. The van der Waals surface area contributed by atoms with E-state index >= 15 is 0 Å². The molecule has 0 bridgehead atoms. The maximum absolute atomic E-state index is 6.04. The van der Waals surface area contributed by atoms with E-state index in [1.807, 2.05) is 66.7 Å². The molecular formula is C20H13BrCl2S. The van der Waals surface area contributed by atoms with Gasteiger partial charge in [-0.2, -0.15) is 0 Å². The van der Waals surface area contributed by atoms with Crippen LogP contribution in [0.3, 0.4) is 0 Å². The van der Waals surface area contributed by atoms with Crippen LogP contribution in [0.4, 0.5) is 0 Å². The highest BCUT2D eigenvalue weighted by Crippen LogP contribution is 2.42. The smallest absolute Gasteiger partial charge is 0.0406 e. The Kier molecular flexibility index (Phi) is 6.07. The van der Waals surface area contributed by atoms with Crippen LogP contribution >= 0.6 is 50.9 Å². The zero-order valence-electron chi connectivity index (χ0n) is 12.5. The summed E-state index contributed by atoms with van der Waals surface area (Å²) in [5, 5.41) is 1.46. The summed E-state index contributed by atoms with van der Waals surface area (Å²) >= 11 is 17.5. The fourth-order valence-corrected chi connectivity index (χ4v) is 4.13. The Morgan fingerprint density at radius 3 is 1.79 bits per heavy atom. The van der Waals surface area contributed by atoms with Gasteiger partial charge in [-0.05, 0) is 63.5 Å². The lowest BCUT2D eigenvalue weighted by Crippen LogP contribution is -1.85. The average molecular weight is 436 g/mol. The van der Waals surface area contributed by atoms with Crippen LogP contribution in [0.5, 0.6) is 0 Å². The quantitative estimate of drug-likeness (QED) is 0.295. The lowest BCUT2D eigenvalue weighted by molar-refractivity contribution is 1.47. The second kappa shape index (κ2) is 8.26. The van der Waals surface area contributed by atoms with Gasteiger partial charge in [0.1, 0.15) is 0 Å². The molecule has 3 rings (SSSR count). The van der Waals surface area contributed by atoms with Crippen molar-refractivity contribution in [2.75, 3.05) is 0 Å². The van der Waals surface area contributed by atoms with Crippen molar-refractivity contribution in [1.29, 1.82) is 0 Å². The largest absolute Gasteiger partial charge is 0.0883 e. The summed E-state index contributed by atoms with van der Waals surface area (Å²) in [4.78, 5) is 2.25. The van der Waals surface area contributed by atoms with Crippen LogP contribution in [0, 0.1) is 0 Å². The molecular weight excluding hydrogens is 423 g/mol. The first-order valence-electron chi connectivity index (χ1n) is 7.28. The van der Waals surface area contributed by atoms with Crippen LogP contribution in [0.15, 0.2) is 83.8 Å². The van der Waals surface area contributed by atoms with Crippen LogP contribution in [-0.4, -0.2) is 0 Å². The van der Waals surface area contributed by atoms with Gasteiger partial charge >= 0.3 is 0 Å². The number of hydrogen-bond donors (Lipinski definition) is 0. The third-order valence-corrected chi connectivity index (χ3v) is 6.14. The first-order chi connectivity index (χ1) is 11.6. The lowest BCUT2D eigenvalue weighted by atomic mass is 10.1. The highest BCUT2D eigenvalue weighted by atomic mass is 79.9. The fraction of sp³-hybridized carbons (Fsp3) is 0. The Balaban J connectivity index is 2.06. The van der Waals surface area contributed by atoms with Gasteiger partial charge in [-0.3, -0.25) is 0 Å². The second-order valence-corrected chi connectivity index (χ2v) is 7.82. The molecule has 0 aliphatic carbocycles. The van der Waals surface area contributed by atoms with E-state index in [1.165, 1.54) is 0 Å². The van der Waals surface area contributed by atoms with Crippen molar-refractivity contribution in [3.63, 3.8) is 0 Å². The van der Waals surface area contributed by atoms with Crippen LogP contribution in [-0.2, 0) is 0 Å². The predicted octanol–water partition coefficient (Wildman–Crippen LogP) is 8.01. The summed E-state index contributed by atoms with van der Waals surface area (Å²) in [6.45, 7) is 0. The van der Waals surface area contributed by atoms with Gasteiger partial charge in [-0.25, -0.2) is 0 Å². The van der Waals surface area contributed by atoms with Crippen molar-refractivity contribution >= 4 is 60.3 Å². The van der Waals surface area contributed by atoms with Gasteiger partial charge < -0.3 is 0 Å². The molecule has 0 atom stereocenters. The van der Waals surface area contributed by atoms with E-state index in [-0.39, 0.29) is 0 Å². The van der Waals surface area contributed by atoms with Crippen LogP contribution in [0.25, 0.3) is 9.39 Å². The molecule has 3 aromatic carbocycles. The summed E-state index contributed by atoms with van der Waals surface area (Å²) in [5.74, 6) is 0. The summed E-state index contributed by atoms with van der Waals surface area (Å²) in [7, 11) is 0. The first-order valence-corrected chi connectivity index (χ1v) is 9.64. The molecule has 0 aliphatic rings. The van der Waals surface area contributed by atoms with Crippen molar-refractivity contribution in [2.24, 2.45) is 0 Å². The molecule has 0 aliphatic heterocycles. The molecule has 0 heterocycles. The minimum absolute atomic E-state index is 0.727. The molecule has 24 heavy (non-hydrogen) atoms. The number of rotatable bonds is 4. The van der Waals surface area contributed by atoms with E-state index in [4.69, 9.17) is 23.2 Å². The normalized spacial score (nSPS) is 12.0. The number of hydrogen-bond acceptors (Lipinski definition) is 1. The van der Waals surface area contributed by atoms with Gasteiger partial charge in [-0.1, -0.05) is 77.4 Å². The molecule has 0 spiro atoms. The van der Waals surface area contributed by atoms with Crippen molar-refractivity contribution in [2.45, 2.75) is 4.90 Å². The van der Waals surface area contributed by atoms with Gasteiger partial charge in [0.15, 0.2) is 0 Å². The third-order valence-electron chi connectivity index (χ3n) is 3.37. The Bertz CT molecular complexity index is 841. The Morgan fingerprint density at radius 1 is 0.667 bits per heavy atom. The topological polar surface area (TPSA) is 0 Å². The molecule has 0 saturated heterocycles. The summed E-state index contributed by atoms with van der Waals surface area (Å²) in [5.41, 5.74) is 2.24. The van der Waals surface area contributed by atoms with E-state index in [0.717, 1.165) is 35.5 Å². The monoisotopic (exact) mass is 434 g/mol. The Hall–Kier alpha value is -1.19. The molecule has 3 aromatic rings. The summed E-state index contributed by atoms with van der Waals surface area (Å²) < 4.78 is 1.05. The maximum atomic E-state index is 6.04. The fourth-order valence-electron chi connectivity index (χ4n) is 2.17. The van der Waals surface area contributed by atoms with E-state index < -0.39 is 0 Å². The van der Waals surface area contributed by atoms with Crippen molar-refractivity contribution in [3.05, 3.63) is 100 Å². The molecule has 0 unspecified atom stereocenters. The number of thioether (sulfide) groups is 1. The van der Waals surface area contributed by atoms with E-state index in [2.05, 4.69) is 28.1 Å². The average Bonchev–Trinajstić information content (AvgIpc) is 2.62. The van der Waals surface area contributed by atoms with E-state index in [9.17, 15) is 0 Å². The van der Waals surface area contributed by atoms with Crippen molar-refractivity contribution < 1.29 is 0 Å². The van der Waals surface area contributed by atoms with Gasteiger partial charge in [0, 0.05) is 24.3 Å². The molecule has 0 saturated carbocycles.